The van der Waals surface area contributed by atoms with E-state index in [0.29, 0.717) is 21.2 Å². The van der Waals surface area contributed by atoms with Crippen molar-refractivity contribution in [3.8, 4) is 0 Å². The number of aromatic amines is 1. The highest BCUT2D eigenvalue weighted by atomic mass is 35.5. The SMILES string of the molecule is CN(c1ccc(Cl)c(Cl)c1)c1nc2cnn(CCS(=O)(=O)NC(C)(C)C)c2c(=O)[nH]1. The number of nitrogens with zero attached hydrogens (tertiary/aromatic N) is 4. The summed E-state index contributed by atoms with van der Waals surface area (Å²) in [6.07, 6.45) is 1.43. The molecule has 2 heterocycles. The first-order valence-corrected chi connectivity index (χ1v) is 11.4. The van der Waals surface area contributed by atoms with Crippen LogP contribution in [-0.4, -0.2) is 46.5 Å². The molecule has 0 atom stereocenters. The minimum atomic E-state index is -3.54. The molecular weight excluding hydrogens is 451 g/mol. The number of halogens is 2. The highest BCUT2D eigenvalue weighted by Gasteiger charge is 2.21. The number of aryl methyl sites for hydroxylation is 1. The van der Waals surface area contributed by atoms with Crippen LogP contribution >= 0.6 is 23.2 Å². The molecule has 12 heteroatoms. The molecule has 0 spiro atoms. The zero-order valence-corrected chi connectivity index (χ0v) is 19.2. The number of hydrogen-bond acceptors (Lipinski definition) is 6. The topological polar surface area (TPSA) is 113 Å². The van der Waals surface area contributed by atoms with E-state index in [1.54, 1.807) is 50.9 Å². The van der Waals surface area contributed by atoms with Crippen molar-refractivity contribution in [2.75, 3.05) is 17.7 Å². The van der Waals surface area contributed by atoms with Gasteiger partial charge >= 0.3 is 0 Å². The Morgan fingerprint density at radius 3 is 2.57 bits per heavy atom. The van der Waals surface area contributed by atoms with Gasteiger partial charge in [0.15, 0.2) is 5.52 Å². The number of aromatic nitrogens is 4. The molecule has 0 radical (unpaired) electrons. The minimum absolute atomic E-state index is 0.0155. The van der Waals surface area contributed by atoms with Crippen molar-refractivity contribution in [3.05, 3.63) is 44.8 Å². The molecule has 2 N–H and O–H groups in total. The highest BCUT2D eigenvalue weighted by Crippen LogP contribution is 2.29. The van der Waals surface area contributed by atoms with Crippen molar-refractivity contribution in [1.82, 2.24) is 24.5 Å². The Bertz CT molecular complexity index is 1250. The molecule has 3 rings (SSSR count). The predicted molar refractivity (Wildman–Crippen MR) is 119 cm³/mol. The zero-order chi connectivity index (χ0) is 22.3. The summed E-state index contributed by atoms with van der Waals surface area (Å²) in [5.74, 6) is 0.0678. The lowest BCUT2D eigenvalue weighted by atomic mass is 10.1. The van der Waals surface area contributed by atoms with Crippen LogP contribution in [0, 0.1) is 0 Å². The molecule has 9 nitrogen and oxygen atoms in total. The van der Waals surface area contributed by atoms with Crippen LogP contribution in [0.1, 0.15) is 20.8 Å². The molecule has 1 aromatic carbocycles. The second-order valence-electron chi connectivity index (χ2n) is 7.82. The first-order chi connectivity index (χ1) is 13.9. The van der Waals surface area contributed by atoms with Gasteiger partial charge in [0, 0.05) is 18.3 Å². The number of anilines is 2. The van der Waals surface area contributed by atoms with Crippen molar-refractivity contribution in [1.29, 1.82) is 0 Å². The maximum absolute atomic E-state index is 12.7. The van der Waals surface area contributed by atoms with Crippen LogP contribution in [0.4, 0.5) is 11.6 Å². The molecule has 0 amide bonds. The fourth-order valence-electron chi connectivity index (χ4n) is 2.86. The fourth-order valence-corrected chi connectivity index (χ4v) is 4.60. The minimum Gasteiger partial charge on any atom is -0.315 e. The normalized spacial score (nSPS) is 12.5. The Kier molecular flexibility index (Phi) is 6.15. The molecule has 0 unspecified atom stereocenters. The van der Waals surface area contributed by atoms with Gasteiger partial charge in [-0.05, 0) is 39.0 Å². The molecule has 0 aliphatic heterocycles. The van der Waals surface area contributed by atoms with E-state index in [9.17, 15) is 13.2 Å². The van der Waals surface area contributed by atoms with E-state index in [1.165, 1.54) is 10.9 Å². The lowest BCUT2D eigenvalue weighted by Gasteiger charge is -2.20. The number of benzene rings is 1. The Morgan fingerprint density at radius 1 is 1.23 bits per heavy atom. The van der Waals surface area contributed by atoms with Gasteiger partial charge in [-0.15, -0.1) is 0 Å². The molecule has 0 aliphatic carbocycles. The smallest absolute Gasteiger partial charge is 0.278 e. The first kappa shape index (κ1) is 22.5. The molecule has 3 aromatic rings. The summed E-state index contributed by atoms with van der Waals surface area (Å²) in [7, 11) is -1.82. The van der Waals surface area contributed by atoms with Gasteiger partial charge < -0.3 is 4.90 Å². The van der Waals surface area contributed by atoms with Crippen molar-refractivity contribution < 1.29 is 8.42 Å². The second-order valence-corrected chi connectivity index (χ2v) is 10.5. The molecule has 0 saturated carbocycles. The quantitative estimate of drug-likeness (QED) is 0.569. The van der Waals surface area contributed by atoms with Gasteiger partial charge in [0.05, 0.1) is 28.5 Å². The van der Waals surface area contributed by atoms with Gasteiger partial charge in [-0.3, -0.25) is 14.5 Å². The van der Waals surface area contributed by atoms with E-state index >= 15 is 0 Å². The summed E-state index contributed by atoms with van der Waals surface area (Å²) in [6.45, 7) is 5.29. The standard InChI is InChI=1S/C18H22Cl2N6O3S/c1-18(2,3)24-30(28,29)8-7-26-15-14(10-21-26)22-17(23-16(15)27)25(4)11-5-6-12(19)13(20)9-11/h5-6,9-10,24H,7-8H2,1-4H3,(H,22,23,27). The summed E-state index contributed by atoms with van der Waals surface area (Å²) in [6, 6.07) is 5.05. The largest absolute Gasteiger partial charge is 0.315 e. The summed E-state index contributed by atoms with van der Waals surface area (Å²) in [5.41, 5.74) is 0.210. The number of fused-ring (bicyclic) bond motifs is 1. The zero-order valence-electron chi connectivity index (χ0n) is 16.9. The van der Waals surface area contributed by atoms with E-state index in [1.807, 2.05) is 0 Å². The van der Waals surface area contributed by atoms with E-state index in [4.69, 9.17) is 23.2 Å². The Labute approximate surface area is 184 Å². The van der Waals surface area contributed by atoms with Crippen molar-refractivity contribution in [3.63, 3.8) is 0 Å². The molecule has 2 aromatic heterocycles. The molecule has 0 aliphatic rings. The number of H-pyrrole nitrogens is 1. The fraction of sp³-hybridized carbons (Fsp3) is 0.389. The molecule has 0 saturated heterocycles. The van der Waals surface area contributed by atoms with Gasteiger partial charge in [0.25, 0.3) is 5.56 Å². The van der Waals surface area contributed by atoms with Gasteiger partial charge in [-0.25, -0.2) is 18.1 Å². The number of nitrogens with one attached hydrogen (secondary N) is 2. The van der Waals surface area contributed by atoms with Crippen LogP contribution in [0.25, 0.3) is 11.0 Å². The number of rotatable bonds is 6. The lowest BCUT2D eigenvalue weighted by molar-refractivity contribution is 0.488. The van der Waals surface area contributed by atoms with E-state index in [-0.39, 0.29) is 23.8 Å². The van der Waals surface area contributed by atoms with Crippen molar-refractivity contribution >= 4 is 55.9 Å². The molecule has 0 bridgehead atoms. The highest BCUT2D eigenvalue weighted by molar-refractivity contribution is 7.89. The lowest BCUT2D eigenvalue weighted by Crippen LogP contribution is -2.42. The predicted octanol–water partition coefficient (Wildman–Crippen LogP) is 2.91. The third-order valence-electron chi connectivity index (χ3n) is 4.13. The third-order valence-corrected chi connectivity index (χ3v) is 6.51. The molecular formula is C18H22Cl2N6O3S. The van der Waals surface area contributed by atoms with Gasteiger partial charge in [-0.2, -0.15) is 5.10 Å². The van der Waals surface area contributed by atoms with Gasteiger partial charge in [0.2, 0.25) is 16.0 Å². The average Bonchev–Trinajstić information content (AvgIpc) is 3.03. The number of sulfonamides is 1. The van der Waals surface area contributed by atoms with Crippen LogP contribution in [-0.2, 0) is 16.6 Å². The maximum Gasteiger partial charge on any atom is 0.278 e. The Balaban J connectivity index is 1.88. The second kappa shape index (κ2) is 8.18. The summed E-state index contributed by atoms with van der Waals surface area (Å²) in [4.78, 5) is 21.5. The average molecular weight is 473 g/mol. The van der Waals surface area contributed by atoms with Gasteiger partial charge in [0.1, 0.15) is 5.52 Å². The first-order valence-electron chi connectivity index (χ1n) is 9.02. The van der Waals surface area contributed by atoms with Crippen LogP contribution in [0.2, 0.25) is 10.0 Å². The Hall–Kier alpha value is -2.14. The van der Waals surface area contributed by atoms with E-state index in [2.05, 4.69) is 19.8 Å². The molecule has 162 valence electrons. The van der Waals surface area contributed by atoms with Crippen LogP contribution in [0.5, 0.6) is 0 Å². The van der Waals surface area contributed by atoms with Crippen LogP contribution in [0.3, 0.4) is 0 Å². The summed E-state index contributed by atoms with van der Waals surface area (Å²) >= 11 is 12.0. The van der Waals surface area contributed by atoms with Gasteiger partial charge in [-0.1, -0.05) is 23.2 Å². The number of hydrogen-bond donors (Lipinski definition) is 2. The van der Waals surface area contributed by atoms with Crippen LogP contribution in [0.15, 0.2) is 29.2 Å². The Morgan fingerprint density at radius 2 is 1.93 bits per heavy atom. The summed E-state index contributed by atoms with van der Waals surface area (Å²) < 4.78 is 28.4. The molecule has 30 heavy (non-hydrogen) atoms. The van der Waals surface area contributed by atoms with Crippen molar-refractivity contribution in [2.45, 2.75) is 32.9 Å². The monoisotopic (exact) mass is 472 g/mol. The molecule has 0 fully saturated rings. The van der Waals surface area contributed by atoms with E-state index in [0.717, 1.165) is 0 Å². The third kappa shape index (κ3) is 5.12. The van der Waals surface area contributed by atoms with Crippen LogP contribution < -0.4 is 15.2 Å². The van der Waals surface area contributed by atoms with E-state index < -0.39 is 21.1 Å². The maximum atomic E-state index is 12.7. The summed E-state index contributed by atoms with van der Waals surface area (Å²) in [5, 5.41) is 4.94. The van der Waals surface area contributed by atoms with Crippen molar-refractivity contribution in [2.24, 2.45) is 0 Å².